The first-order chi connectivity index (χ1) is 13.6. The molecule has 4 rings (SSSR count). The number of anilines is 1. The lowest BCUT2D eigenvalue weighted by atomic mass is 10.2. The first-order valence-electron chi connectivity index (χ1n) is 8.40. The monoisotopic (exact) mass is 443 g/mol. The van der Waals surface area contributed by atoms with Crippen LogP contribution in [0, 0.1) is 0 Å². The highest BCUT2D eigenvalue weighted by atomic mass is 35.5. The number of halogens is 1. The molecule has 140 valence electrons. The molecule has 0 radical (unpaired) electrons. The smallest absolute Gasteiger partial charge is 0.270 e. The van der Waals surface area contributed by atoms with Gasteiger partial charge in [0.15, 0.2) is 9.41 Å². The number of hydrogen-bond acceptors (Lipinski definition) is 5. The van der Waals surface area contributed by atoms with Crippen LogP contribution < -0.4 is 4.90 Å². The van der Waals surface area contributed by atoms with Crippen LogP contribution in [0.4, 0.5) is 5.69 Å². The van der Waals surface area contributed by atoms with Crippen LogP contribution in [0.25, 0.3) is 6.08 Å². The van der Waals surface area contributed by atoms with E-state index in [0.717, 1.165) is 27.1 Å². The standard InChI is InChI=1S/C21H14ClNO2S3/c22-15-8-6-14(7-9-15)13-27-19-11-10-17(25-19)12-18-20(24)23(21(26)28-18)16-4-2-1-3-5-16/h1-12H,13H2/b18-12-. The van der Waals surface area contributed by atoms with E-state index in [1.54, 1.807) is 22.7 Å². The average molecular weight is 444 g/mol. The Labute approximate surface area is 181 Å². The summed E-state index contributed by atoms with van der Waals surface area (Å²) in [5.74, 6) is 1.28. The number of carbonyl (C=O) groups is 1. The number of hydrogen-bond donors (Lipinski definition) is 0. The predicted octanol–water partition coefficient (Wildman–Crippen LogP) is 6.63. The zero-order valence-corrected chi connectivity index (χ0v) is 17.7. The number of benzene rings is 2. The number of nitrogens with zero attached hydrogens (tertiary/aromatic N) is 1. The number of rotatable bonds is 5. The van der Waals surface area contributed by atoms with Crippen molar-refractivity contribution < 1.29 is 9.21 Å². The van der Waals surface area contributed by atoms with Gasteiger partial charge in [0.25, 0.3) is 5.91 Å². The molecule has 1 fully saturated rings. The summed E-state index contributed by atoms with van der Waals surface area (Å²) in [7, 11) is 0. The molecule has 1 amide bonds. The van der Waals surface area contributed by atoms with Crippen LogP contribution in [-0.4, -0.2) is 10.2 Å². The van der Waals surface area contributed by atoms with E-state index in [9.17, 15) is 4.79 Å². The third-order valence-electron chi connectivity index (χ3n) is 3.98. The van der Waals surface area contributed by atoms with Crippen molar-refractivity contribution in [3.63, 3.8) is 0 Å². The van der Waals surface area contributed by atoms with E-state index in [-0.39, 0.29) is 5.91 Å². The van der Waals surface area contributed by atoms with Crippen molar-refractivity contribution in [1.29, 1.82) is 0 Å². The number of furan rings is 1. The highest BCUT2D eigenvalue weighted by molar-refractivity contribution is 8.27. The summed E-state index contributed by atoms with van der Waals surface area (Å²) in [6, 6.07) is 20.9. The normalized spacial score (nSPS) is 15.6. The van der Waals surface area contributed by atoms with Gasteiger partial charge in [-0.25, -0.2) is 0 Å². The van der Waals surface area contributed by atoms with E-state index in [4.69, 9.17) is 28.2 Å². The molecule has 1 aromatic heterocycles. The summed E-state index contributed by atoms with van der Waals surface area (Å²) in [5.41, 5.74) is 1.93. The van der Waals surface area contributed by atoms with Crippen LogP contribution in [0.1, 0.15) is 11.3 Å². The summed E-state index contributed by atoms with van der Waals surface area (Å²) in [5, 5.41) is 1.52. The molecule has 7 heteroatoms. The van der Waals surface area contributed by atoms with Crippen LogP contribution >= 0.6 is 47.3 Å². The average Bonchev–Trinajstić information content (AvgIpc) is 3.26. The molecule has 0 spiro atoms. The van der Waals surface area contributed by atoms with Crippen molar-refractivity contribution in [2.24, 2.45) is 0 Å². The van der Waals surface area contributed by atoms with Gasteiger partial charge in [-0.05, 0) is 42.0 Å². The Kier molecular flexibility index (Phi) is 5.92. The summed E-state index contributed by atoms with van der Waals surface area (Å²) in [6.45, 7) is 0. The summed E-state index contributed by atoms with van der Waals surface area (Å²) < 4.78 is 6.37. The van der Waals surface area contributed by atoms with Crippen LogP contribution in [0.3, 0.4) is 0 Å². The van der Waals surface area contributed by atoms with E-state index in [1.165, 1.54) is 11.8 Å². The third kappa shape index (κ3) is 4.36. The van der Waals surface area contributed by atoms with Crippen LogP contribution in [-0.2, 0) is 10.5 Å². The van der Waals surface area contributed by atoms with Gasteiger partial charge in [-0.15, -0.1) is 0 Å². The van der Waals surface area contributed by atoms with Crippen LogP contribution in [0.15, 0.2) is 81.1 Å². The Balaban J connectivity index is 1.45. The van der Waals surface area contributed by atoms with Gasteiger partial charge in [0.05, 0.1) is 10.6 Å². The second kappa shape index (κ2) is 8.57. The predicted molar refractivity (Wildman–Crippen MR) is 122 cm³/mol. The SMILES string of the molecule is O=C1/C(=C/c2ccc(SCc3ccc(Cl)cc3)o2)SC(=S)N1c1ccccc1. The number of para-hydroxylation sites is 1. The van der Waals surface area contributed by atoms with Gasteiger partial charge < -0.3 is 4.42 Å². The Bertz CT molecular complexity index is 1050. The number of thiocarbonyl (C=S) groups is 1. The minimum absolute atomic E-state index is 0.132. The zero-order chi connectivity index (χ0) is 19.5. The maximum Gasteiger partial charge on any atom is 0.270 e. The van der Waals surface area contributed by atoms with Crippen molar-refractivity contribution in [2.75, 3.05) is 4.90 Å². The molecule has 0 atom stereocenters. The lowest BCUT2D eigenvalue weighted by Crippen LogP contribution is -2.27. The maximum absolute atomic E-state index is 12.8. The van der Waals surface area contributed by atoms with Crippen molar-refractivity contribution >= 4 is 69.3 Å². The molecule has 2 heterocycles. The van der Waals surface area contributed by atoms with Crippen LogP contribution in [0.5, 0.6) is 0 Å². The molecule has 3 aromatic rings. The molecule has 1 aliphatic rings. The molecular formula is C21H14ClNO2S3. The molecule has 3 nitrogen and oxygen atoms in total. The molecule has 28 heavy (non-hydrogen) atoms. The zero-order valence-electron chi connectivity index (χ0n) is 14.5. The number of amides is 1. The van der Waals surface area contributed by atoms with Gasteiger partial charge in [-0.3, -0.25) is 9.69 Å². The molecule has 1 saturated heterocycles. The van der Waals surface area contributed by atoms with Gasteiger partial charge in [0.1, 0.15) is 5.76 Å². The van der Waals surface area contributed by atoms with Gasteiger partial charge in [-0.1, -0.05) is 77.7 Å². The third-order valence-corrected chi connectivity index (χ3v) is 6.51. The van der Waals surface area contributed by atoms with E-state index in [0.29, 0.717) is 15.0 Å². The second-order valence-electron chi connectivity index (χ2n) is 5.92. The Hall–Kier alpha value is -1.99. The quantitative estimate of drug-likeness (QED) is 0.251. The maximum atomic E-state index is 12.8. The Morgan fingerprint density at radius 2 is 1.82 bits per heavy atom. The van der Waals surface area contributed by atoms with Crippen LogP contribution in [0.2, 0.25) is 5.02 Å². The van der Waals surface area contributed by atoms with Crippen molar-refractivity contribution in [1.82, 2.24) is 0 Å². The highest BCUT2D eigenvalue weighted by Crippen LogP contribution is 2.36. The molecular weight excluding hydrogens is 430 g/mol. The summed E-state index contributed by atoms with van der Waals surface area (Å²) >= 11 is 14.2. The molecule has 0 aliphatic carbocycles. The van der Waals surface area contributed by atoms with Gasteiger partial charge in [0, 0.05) is 16.9 Å². The van der Waals surface area contributed by atoms with Crippen molar-refractivity contribution in [3.05, 3.63) is 88.0 Å². The minimum atomic E-state index is -0.132. The minimum Gasteiger partial charge on any atom is -0.450 e. The fraction of sp³-hybridized carbons (Fsp3) is 0.0476. The van der Waals surface area contributed by atoms with Gasteiger partial charge in [-0.2, -0.15) is 0 Å². The first kappa shape index (κ1) is 19.3. The summed E-state index contributed by atoms with van der Waals surface area (Å²) in [4.78, 5) is 14.9. The number of carbonyl (C=O) groups excluding carboxylic acids is 1. The summed E-state index contributed by atoms with van der Waals surface area (Å²) in [6.07, 6.45) is 1.74. The van der Waals surface area contributed by atoms with Crippen molar-refractivity contribution in [3.8, 4) is 0 Å². The van der Waals surface area contributed by atoms with Crippen molar-refractivity contribution in [2.45, 2.75) is 10.8 Å². The molecule has 1 aliphatic heterocycles. The lowest BCUT2D eigenvalue weighted by molar-refractivity contribution is -0.113. The van der Waals surface area contributed by atoms with Gasteiger partial charge >= 0.3 is 0 Å². The number of thioether (sulfide) groups is 2. The van der Waals surface area contributed by atoms with E-state index < -0.39 is 0 Å². The van der Waals surface area contributed by atoms with Gasteiger partial charge in [0.2, 0.25) is 0 Å². The first-order valence-corrected chi connectivity index (χ1v) is 11.0. The molecule has 0 unspecified atom stereocenters. The molecule has 2 aromatic carbocycles. The topological polar surface area (TPSA) is 33.5 Å². The second-order valence-corrected chi connectivity index (χ2v) is 9.02. The van der Waals surface area contributed by atoms with E-state index >= 15 is 0 Å². The fourth-order valence-electron chi connectivity index (χ4n) is 2.62. The largest absolute Gasteiger partial charge is 0.450 e. The molecule has 0 saturated carbocycles. The highest BCUT2D eigenvalue weighted by Gasteiger charge is 2.33. The lowest BCUT2D eigenvalue weighted by Gasteiger charge is -2.13. The Morgan fingerprint density at radius 1 is 1.07 bits per heavy atom. The fourth-order valence-corrected chi connectivity index (χ4v) is 4.85. The van der Waals surface area contributed by atoms with E-state index in [1.807, 2.05) is 66.7 Å². The Morgan fingerprint density at radius 3 is 2.57 bits per heavy atom. The molecule has 0 N–H and O–H groups in total. The molecule has 0 bridgehead atoms. The van der Waals surface area contributed by atoms with E-state index in [2.05, 4.69) is 0 Å².